The van der Waals surface area contributed by atoms with E-state index in [1.54, 1.807) is 12.1 Å². The van der Waals surface area contributed by atoms with Crippen molar-refractivity contribution in [3.8, 4) is 0 Å². The van der Waals surface area contributed by atoms with Crippen LogP contribution >= 0.6 is 11.6 Å². The molecule has 28 heavy (non-hydrogen) atoms. The average Bonchev–Trinajstić information content (AvgIpc) is 2.99. The van der Waals surface area contributed by atoms with Gasteiger partial charge in [0.2, 0.25) is 5.91 Å². The summed E-state index contributed by atoms with van der Waals surface area (Å²) >= 11 is 5.79. The third-order valence-electron chi connectivity index (χ3n) is 5.23. The molecule has 1 atom stereocenters. The Morgan fingerprint density at radius 3 is 2.18 bits per heavy atom. The number of imide groups is 1. The maximum atomic E-state index is 13.4. The Bertz CT molecular complexity index is 914. The summed E-state index contributed by atoms with van der Waals surface area (Å²) in [5.74, 6) is -1.52. The third-order valence-corrected chi connectivity index (χ3v) is 5.52. The Hall–Kier alpha value is -2.51. The number of anilines is 2. The van der Waals surface area contributed by atoms with Gasteiger partial charge in [-0.05, 0) is 42.5 Å². The van der Waals surface area contributed by atoms with Gasteiger partial charge in [0.25, 0.3) is 5.91 Å². The predicted octanol–water partition coefficient (Wildman–Crippen LogP) is 3.07. The number of piperazine rings is 1. The second-order valence-electron chi connectivity index (χ2n) is 6.89. The van der Waals surface area contributed by atoms with Crippen LogP contribution in [0.15, 0.2) is 42.5 Å². The first-order valence-corrected chi connectivity index (χ1v) is 9.38. The first-order chi connectivity index (χ1) is 13.4. The lowest BCUT2D eigenvalue weighted by atomic mass is 10.1. The summed E-state index contributed by atoms with van der Waals surface area (Å²) in [7, 11) is 0. The van der Waals surface area contributed by atoms with E-state index in [2.05, 4.69) is 4.90 Å². The van der Waals surface area contributed by atoms with Gasteiger partial charge in [0, 0.05) is 31.9 Å². The Labute approximate surface area is 166 Å². The number of halogens is 3. The fourth-order valence-electron chi connectivity index (χ4n) is 3.74. The number of hydrogen-bond donors (Lipinski definition) is 0. The van der Waals surface area contributed by atoms with Crippen LogP contribution in [0, 0.1) is 11.6 Å². The zero-order valence-corrected chi connectivity index (χ0v) is 15.7. The molecule has 1 unspecified atom stereocenters. The van der Waals surface area contributed by atoms with E-state index in [0.717, 1.165) is 16.7 Å². The van der Waals surface area contributed by atoms with Crippen LogP contribution in [0.2, 0.25) is 5.02 Å². The quantitative estimate of drug-likeness (QED) is 0.736. The van der Waals surface area contributed by atoms with Gasteiger partial charge in [-0.1, -0.05) is 11.6 Å². The van der Waals surface area contributed by atoms with E-state index in [1.807, 2.05) is 4.90 Å². The van der Waals surface area contributed by atoms with Crippen LogP contribution in [-0.2, 0) is 9.59 Å². The highest BCUT2D eigenvalue weighted by Gasteiger charge is 2.43. The zero-order chi connectivity index (χ0) is 19.8. The first kappa shape index (κ1) is 18.8. The number of benzene rings is 2. The second-order valence-corrected chi connectivity index (χ2v) is 7.29. The van der Waals surface area contributed by atoms with E-state index < -0.39 is 11.9 Å². The van der Waals surface area contributed by atoms with Crippen molar-refractivity contribution in [2.45, 2.75) is 12.5 Å². The van der Waals surface area contributed by atoms with Gasteiger partial charge in [-0.3, -0.25) is 14.5 Å². The highest BCUT2D eigenvalue weighted by molar-refractivity contribution is 6.31. The molecule has 2 amide bonds. The van der Waals surface area contributed by atoms with E-state index in [4.69, 9.17) is 11.6 Å². The normalized spacial score (nSPS) is 20.9. The molecule has 2 aromatic carbocycles. The maximum Gasteiger partial charge on any atom is 0.251 e. The van der Waals surface area contributed by atoms with Gasteiger partial charge in [-0.2, -0.15) is 0 Å². The minimum absolute atomic E-state index is 0.0877. The average molecular weight is 406 g/mol. The molecule has 146 valence electrons. The zero-order valence-electron chi connectivity index (χ0n) is 14.9. The molecule has 0 saturated carbocycles. The maximum absolute atomic E-state index is 13.4. The predicted molar refractivity (Wildman–Crippen MR) is 102 cm³/mol. The van der Waals surface area contributed by atoms with Crippen molar-refractivity contribution < 1.29 is 18.4 Å². The summed E-state index contributed by atoms with van der Waals surface area (Å²) < 4.78 is 26.5. The Kier molecular flexibility index (Phi) is 5.03. The van der Waals surface area contributed by atoms with Gasteiger partial charge in [0.05, 0.1) is 23.2 Å². The van der Waals surface area contributed by atoms with Crippen LogP contribution in [0.4, 0.5) is 20.2 Å². The smallest absolute Gasteiger partial charge is 0.251 e. The van der Waals surface area contributed by atoms with E-state index in [0.29, 0.717) is 26.2 Å². The standard InChI is InChI=1S/C20H18ClF2N3O2/c21-16-11-15(5-6-17(16)23)26-19(27)12-18(20(26)28)25-9-7-24(8-10-25)14-3-1-13(22)2-4-14/h1-6,11,18H,7-10,12H2. The molecule has 0 N–H and O–H groups in total. The molecule has 2 aliphatic rings. The molecular weight excluding hydrogens is 388 g/mol. The Balaban J connectivity index is 1.44. The van der Waals surface area contributed by atoms with Crippen molar-refractivity contribution >= 4 is 34.8 Å². The number of amides is 2. The number of carbonyl (C=O) groups excluding carboxylic acids is 2. The molecule has 0 spiro atoms. The lowest BCUT2D eigenvalue weighted by molar-refractivity contribution is -0.123. The highest BCUT2D eigenvalue weighted by Crippen LogP contribution is 2.29. The van der Waals surface area contributed by atoms with Crippen molar-refractivity contribution in [3.63, 3.8) is 0 Å². The SMILES string of the molecule is O=C1CC(N2CCN(c3ccc(F)cc3)CC2)C(=O)N1c1ccc(F)c(Cl)c1. The van der Waals surface area contributed by atoms with Crippen LogP contribution in [-0.4, -0.2) is 48.9 Å². The summed E-state index contributed by atoms with van der Waals surface area (Å²) in [5, 5.41) is -0.130. The molecule has 0 aliphatic carbocycles. The molecule has 2 aliphatic heterocycles. The summed E-state index contributed by atoms with van der Waals surface area (Å²) in [6.07, 6.45) is 0.0877. The van der Waals surface area contributed by atoms with Crippen LogP contribution < -0.4 is 9.80 Å². The molecule has 0 bridgehead atoms. The molecule has 2 saturated heterocycles. The number of hydrogen-bond acceptors (Lipinski definition) is 4. The van der Waals surface area contributed by atoms with Gasteiger partial charge < -0.3 is 4.90 Å². The summed E-state index contributed by atoms with van der Waals surface area (Å²) in [4.78, 5) is 30.5. The molecule has 2 aromatic rings. The first-order valence-electron chi connectivity index (χ1n) is 9.00. The van der Waals surface area contributed by atoms with Gasteiger partial charge in [0.15, 0.2) is 0 Å². The lowest BCUT2D eigenvalue weighted by Crippen LogP contribution is -2.52. The Morgan fingerprint density at radius 1 is 0.893 bits per heavy atom. The molecule has 0 aromatic heterocycles. The van der Waals surface area contributed by atoms with Crippen molar-refractivity contribution in [3.05, 3.63) is 59.1 Å². The van der Waals surface area contributed by atoms with Crippen LogP contribution in [0.1, 0.15) is 6.42 Å². The summed E-state index contributed by atoms with van der Waals surface area (Å²) in [5.41, 5.74) is 1.21. The molecule has 5 nitrogen and oxygen atoms in total. The van der Waals surface area contributed by atoms with Crippen LogP contribution in [0.25, 0.3) is 0 Å². The van der Waals surface area contributed by atoms with Gasteiger partial charge in [-0.15, -0.1) is 0 Å². The van der Waals surface area contributed by atoms with Gasteiger partial charge in [-0.25, -0.2) is 13.7 Å². The van der Waals surface area contributed by atoms with Crippen LogP contribution in [0.5, 0.6) is 0 Å². The second kappa shape index (κ2) is 7.48. The van der Waals surface area contributed by atoms with Gasteiger partial charge >= 0.3 is 0 Å². The number of carbonyl (C=O) groups is 2. The molecule has 2 fully saturated rings. The van der Waals surface area contributed by atoms with Crippen molar-refractivity contribution in [2.24, 2.45) is 0 Å². The summed E-state index contributed by atoms with van der Waals surface area (Å²) in [6, 6.07) is 9.59. The fourth-order valence-corrected chi connectivity index (χ4v) is 3.92. The molecular formula is C20H18ClF2N3O2. The lowest BCUT2D eigenvalue weighted by Gasteiger charge is -2.38. The largest absolute Gasteiger partial charge is 0.369 e. The van der Waals surface area contributed by atoms with E-state index in [9.17, 15) is 18.4 Å². The number of rotatable bonds is 3. The highest BCUT2D eigenvalue weighted by atomic mass is 35.5. The minimum Gasteiger partial charge on any atom is -0.369 e. The van der Waals surface area contributed by atoms with Crippen LogP contribution in [0.3, 0.4) is 0 Å². The fraction of sp³-hybridized carbons (Fsp3) is 0.300. The molecule has 0 radical (unpaired) electrons. The topological polar surface area (TPSA) is 43.9 Å². The number of nitrogens with zero attached hydrogens (tertiary/aromatic N) is 3. The monoisotopic (exact) mass is 405 g/mol. The molecule has 2 heterocycles. The Morgan fingerprint density at radius 2 is 1.54 bits per heavy atom. The van der Waals surface area contributed by atoms with E-state index >= 15 is 0 Å². The van der Waals surface area contributed by atoms with E-state index in [1.165, 1.54) is 24.3 Å². The van der Waals surface area contributed by atoms with Gasteiger partial charge in [0.1, 0.15) is 11.6 Å². The molecule has 8 heteroatoms. The minimum atomic E-state index is -0.599. The van der Waals surface area contributed by atoms with Crippen molar-refractivity contribution in [2.75, 3.05) is 36.0 Å². The summed E-state index contributed by atoms with van der Waals surface area (Å²) in [6.45, 7) is 2.57. The molecule has 4 rings (SSSR count). The third kappa shape index (κ3) is 3.47. The van der Waals surface area contributed by atoms with E-state index in [-0.39, 0.29) is 34.8 Å². The van der Waals surface area contributed by atoms with Crippen molar-refractivity contribution in [1.82, 2.24) is 4.90 Å². The van der Waals surface area contributed by atoms with Crippen molar-refractivity contribution in [1.29, 1.82) is 0 Å².